The Hall–Kier alpha value is -0.905. The van der Waals surface area contributed by atoms with Crippen LogP contribution in [0.1, 0.15) is 10.5 Å². The predicted molar refractivity (Wildman–Crippen MR) is 44.5 cm³/mol. The Bertz CT molecular complexity index is 305. The lowest BCUT2D eigenvalue weighted by Gasteiger charge is -2.01. The summed E-state index contributed by atoms with van der Waals surface area (Å²) in [4.78, 5) is 13.9. The summed E-state index contributed by atoms with van der Waals surface area (Å²) >= 11 is 5.47. The highest BCUT2D eigenvalue weighted by Gasteiger charge is 2.16. The Morgan fingerprint density at radius 1 is 1.50 bits per heavy atom. The highest BCUT2D eigenvalue weighted by molar-refractivity contribution is 6.60. The van der Waals surface area contributed by atoms with Crippen molar-refractivity contribution in [3.63, 3.8) is 0 Å². The monoisotopic (exact) mass is 185 g/mol. The summed E-state index contributed by atoms with van der Waals surface area (Å²) in [5, 5.41) is 17.6. The number of carbonyl (C=O) groups excluding carboxylic acids is 1. The van der Waals surface area contributed by atoms with E-state index in [4.69, 9.17) is 21.6 Å². The van der Waals surface area contributed by atoms with Crippen LogP contribution in [-0.4, -0.2) is 28.4 Å². The van der Waals surface area contributed by atoms with E-state index < -0.39 is 7.12 Å². The van der Waals surface area contributed by atoms with Crippen molar-refractivity contribution < 1.29 is 14.8 Å². The van der Waals surface area contributed by atoms with Crippen molar-refractivity contribution in [3.05, 3.63) is 23.0 Å². The van der Waals surface area contributed by atoms with E-state index in [0.717, 1.165) is 0 Å². The SMILES string of the molecule is O=Cc1nc(Cl)ccc1B(O)O. The number of aromatic nitrogens is 1. The summed E-state index contributed by atoms with van der Waals surface area (Å²) in [6, 6.07) is 2.72. The number of aldehydes is 1. The van der Waals surface area contributed by atoms with Crippen LogP contribution >= 0.6 is 11.6 Å². The lowest BCUT2D eigenvalue weighted by Crippen LogP contribution is -2.33. The van der Waals surface area contributed by atoms with E-state index >= 15 is 0 Å². The van der Waals surface area contributed by atoms with E-state index in [0.29, 0.717) is 6.29 Å². The molecule has 0 aliphatic rings. The smallest absolute Gasteiger partial charge is 0.423 e. The molecule has 0 saturated carbocycles. The van der Waals surface area contributed by atoms with Gasteiger partial charge in [-0.2, -0.15) is 0 Å². The van der Waals surface area contributed by atoms with Gasteiger partial charge in [0.05, 0.1) is 0 Å². The van der Waals surface area contributed by atoms with Gasteiger partial charge >= 0.3 is 7.12 Å². The van der Waals surface area contributed by atoms with Crippen molar-refractivity contribution >= 4 is 30.5 Å². The van der Waals surface area contributed by atoms with Gasteiger partial charge in [0.1, 0.15) is 10.8 Å². The number of nitrogens with zero attached hydrogens (tertiary/aromatic N) is 1. The third-order valence-electron chi connectivity index (χ3n) is 1.31. The van der Waals surface area contributed by atoms with Crippen molar-refractivity contribution in [3.8, 4) is 0 Å². The zero-order valence-electron chi connectivity index (χ0n) is 5.94. The van der Waals surface area contributed by atoms with E-state index in [1.807, 2.05) is 0 Å². The molecule has 0 fully saturated rings. The van der Waals surface area contributed by atoms with Crippen LogP contribution in [0.5, 0.6) is 0 Å². The van der Waals surface area contributed by atoms with Crippen LogP contribution in [-0.2, 0) is 0 Å². The minimum atomic E-state index is -1.70. The molecular weight excluding hydrogens is 180 g/mol. The number of hydrogen-bond donors (Lipinski definition) is 2. The molecule has 0 aromatic carbocycles. The fraction of sp³-hybridized carbons (Fsp3) is 0. The molecule has 0 aliphatic heterocycles. The molecule has 0 radical (unpaired) electrons. The van der Waals surface area contributed by atoms with Crippen molar-refractivity contribution in [2.45, 2.75) is 0 Å². The van der Waals surface area contributed by atoms with E-state index in [9.17, 15) is 4.79 Å². The summed E-state index contributed by atoms with van der Waals surface area (Å²) in [7, 11) is -1.70. The average molecular weight is 185 g/mol. The zero-order valence-corrected chi connectivity index (χ0v) is 6.69. The Labute approximate surface area is 74.0 Å². The van der Waals surface area contributed by atoms with Gasteiger partial charge in [-0.1, -0.05) is 17.7 Å². The minimum absolute atomic E-state index is 0.0504. The van der Waals surface area contributed by atoms with E-state index in [-0.39, 0.29) is 16.3 Å². The second-order valence-electron chi connectivity index (χ2n) is 2.10. The molecule has 0 spiro atoms. The normalized spacial score (nSPS) is 9.58. The molecular formula is C6H5BClNO3. The van der Waals surface area contributed by atoms with Gasteiger partial charge in [-0.25, -0.2) is 4.98 Å². The first-order valence-electron chi connectivity index (χ1n) is 3.13. The molecule has 0 atom stereocenters. The van der Waals surface area contributed by atoms with Crippen LogP contribution in [0.15, 0.2) is 12.1 Å². The molecule has 4 nitrogen and oxygen atoms in total. The molecule has 0 saturated heterocycles. The molecule has 2 N–H and O–H groups in total. The third-order valence-corrected chi connectivity index (χ3v) is 1.52. The first-order chi connectivity index (χ1) is 5.65. The van der Waals surface area contributed by atoms with Gasteiger partial charge in [0.2, 0.25) is 0 Å². The first kappa shape index (κ1) is 9.19. The van der Waals surface area contributed by atoms with Crippen molar-refractivity contribution in [2.75, 3.05) is 0 Å². The van der Waals surface area contributed by atoms with Crippen molar-refractivity contribution in [1.82, 2.24) is 4.98 Å². The summed E-state index contributed by atoms with van der Waals surface area (Å²) in [6.45, 7) is 0. The lowest BCUT2D eigenvalue weighted by atomic mass is 9.79. The molecule has 0 unspecified atom stereocenters. The number of hydrogen-bond acceptors (Lipinski definition) is 4. The Kier molecular flexibility index (Phi) is 2.81. The summed E-state index contributed by atoms with van der Waals surface area (Å²) < 4.78 is 0. The summed E-state index contributed by atoms with van der Waals surface area (Å²) in [5.74, 6) is 0. The fourth-order valence-corrected chi connectivity index (χ4v) is 0.928. The van der Waals surface area contributed by atoms with Gasteiger partial charge in [0, 0.05) is 5.46 Å². The molecule has 1 aromatic rings. The standard InChI is InChI=1S/C6H5BClNO3/c8-6-2-1-4(7(11)12)5(3-10)9-6/h1-3,11-12H. The summed E-state index contributed by atoms with van der Waals surface area (Å²) in [5.41, 5.74) is -0.00750. The van der Waals surface area contributed by atoms with E-state index in [1.165, 1.54) is 12.1 Å². The molecule has 1 heterocycles. The van der Waals surface area contributed by atoms with Crippen LogP contribution in [0.2, 0.25) is 5.15 Å². The van der Waals surface area contributed by atoms with Crippen LogP contribution in [0.3, 0.4) is 0 Å². The Morgan fingerprint density at radius 2 is 2.17 bits per heavy atom. The number of halogens is 1. The molecule has 62 valence electrons. The zero-order chi connectivity index (χ0) is 9.14. The van der Waals surface area contributed by atoms with E-state index in [2.05, 4.69) is 4.98 Å². The quantitative estimate of drug-likeness (QED) is 0.360. The number of rotatable bonds is 2. The van der Waals surface area contributed by atoms with Gasteiger partial charge < -0.3 is 10.0 Å². The Balaban J connectivity index is 3.20. The van der Waals surface area contributed by atoms with Gasteiger partial charge in [0.15, 0.2) is 6.29 Å². The van der Waals surface area contributed by atoms with Gasteiger partial charge in [-0.05, 0) is 6.07 Å². The Morgan fingerprint density at radius 3 is 2.67 bits per heavy atom. The second-order valence-corrected chi connectivity index (χ2v) is 2.49. The van der Waals surface area contributed by atoms with Crippen LogP contribution in [0.25, 0.3) is 0 Å². The highest BCUT2D eigenvalue weighted by atomic mass is 35.5. The van der Waals surface area contributed by atoms with Gasteiger partial charge in [-0.15, -0.1) is 0 Å². The minimum Gasteiger partial charge on any atom is -0.423 e. The number of carbonyl (C=O) groups is 1. The van der Waals surface area contributed by atoms with Gasteiger partial charge in [0.25, 0.3) is 0 Å². The predicted octanol–water partition coefficient (Wildman–Crippen LogP) is -0.773. The van der Waals surface area contributed by atoms with Crippen molar-refractivity contribution in [2.24, 2.45) is 0 Å². The van der Waals surface area contributed by atoms with Crippen LogP contribution in [0.4, 0.5) is 0 Å². The lowest BCUT2D eigenvalue weighted by molar-refractivity contribution is 0.111. The van der Waals surface area contributed by atoms with E-state index in [1.54, 1.807) is 0 Å². The summed E-state index contributed by atoms with van der Waals surface area (Å²) in [6.07, 6.45) is 0.417. The largest absolute Gasteiger partial charge is 0.490 e. The third kappa shape index (κ3) is 1.82. The van der Waals surface area contributed by atoms with Crippen LogP contribution < -0.4 is 5.46 Å². The average Bonchev–Trinajstić information content (AvgIpc) is 2.03. The maximum atomic E-state index is 10.3. The van der Waals surface area contributed by atoms with Crippen molar-refractivity contribution in [1.29, 1.82) is 0 Å². The maximum absolute atomic E-state index is 10.3. The molecule has 1 aromatic heterocycles. The number of pyridine rings is 1. The highest BCUT2D eigenvalue weighted by Crippen LogP contribution is 2.02. The molecule has 12 heavy (non-hydrogen) atoms. The topological polar surface area (TPSA) is 70.4 Å². The first-order valence-corrected chi connectivity index (χ1v) is 3.50. The molecule has 6 heteroatoms. The maximum Gasteiger partial charge on any atom is 0.490 e. The van der Waals surface area contributed by atoms with Gasteiger partial charge in [-0.3, -0.25) is 4.79 Å². The fourth-order valence-electron chi connectivity index (χ4n) is 0.774. The molecule has 1 rings (SSSR count). The molecule has 0 amide bonds. The van der Waals surface area contributed by atoms with Crippen LogP contribution in [0, 0.1) is 0 Å². The molecule has 0 aliphatic carbocycles. The second kappa shape index (κ2) is 3.66. The molecule has 0 bridgehead atoms.